The number of hydrogen-bond acceptors (Lipinski definition) is 4. The van der Waals surface area contributed by atoms with Gasteiger partial charge in [-0.05, 0) is 19.9 Å². The molecule has 0 aliphatic carbocycles. The molecular weight excluding hydrogens is 266 g/mol. The number of ether oxygens (including phenoxy) is 1. The summed E-state index contributed by atoms with van der Waals surface area (Å²) in [4.78, 5) is 17.7. The van der Waals surface area contributed by atoms with E-state index in [1.807, 2.05) is 19.9 Å². The monoisotopic (exact) mass is 279 g/mol. The van der Waals surface area contributed by atoms with Crippen LogP contribution >= 0.6 is 11.6 Å². The summed E-state index contributed by atoms with van der Waals surface area (Å²) in [7, 11) is 0. The van der Waals surface area contributed by atoms with E-state index in [0.29, 0.717) is 23.7 Å². The average molecular weight is 280 g/mol. The lowest BCUT2D eigenvalue weighted by molar-refractivity contribution is -0.150. The first-order valence-corrected chi connectivity index (χ1v) is 6.29. The zero-order valence-electron chi connectivity index (χ0n) is 10.8. The highest BCUT2D eigenvalue weighted by atomic mass is 35.5. The van der Waals surface area contributed by atoms with Crippen molar-refractivity contribution in [2.45, 2.75) is 19.4 Å². The molecule has 1 saturated heterocycles. The number of halogens is 1. The Balaban J connectivity index is 2.50. The molecule has 1 aromatic rings. The smallest absolute Gasteiger partial charge is 0.249 e. The normalized spacial score (nSPS) is 16.3. The first-order chi connectivity index (χ1) is 8.98. The van der Waals surface area contributed by atoms with Crippen molar-refractivity contribution in [1.29, 1.82) is 5.26 Å². The van der Waals surface area contributed by atoms with Gasteiger partial charge in [-0.15, -0.1) is 0 Å². The second-order valence-electron chi connectivity index (χ2n) is 4.79. The van der Waals surface area contributed by atoms with Crippen LogP contribution in [-0.2, 0) is 15.1 Å². The highest BCUT2D eigenvalue weighted by Gasteiger charge is 2.37. The fourth-order valence-electron chi connectivity index (χ4n) is 2.35. The summed E-state index contributed by atoms with van der Waals surface area (Å²) in [6.07, 6.45) is 1.49. The minimum atomic E-state index is -0.697. The van der Waals surface area contributed by atoms with Gasteiger partial charge in [0.05, 0.1) is 17.2 Å². The zero-order valence-corrected chi connectivity index (χ0v) is 11.6. The van der Waals surface area contributed by atoms with Crippen LogP contribution in [0.3, 0.4) is 0 Å². The molecule has 0 spiro atoms. The number of nitrogens with zero attached hydrogens (tertiary/aromatic N) is 3. The molecule has 1 aliphatic heterocycles. The van der Waals surface area contributed by atoms with Gasteiger partial charge in [0.15, 0.2) is 0 Å². The molecule has 6 heteroatoms. The number of nitriles is 1. The summed E-state index contributed by atoms with van der Waals surface area (Å²) < 4.78 is 5.12. The van der Waals surface area contributed by atoms with Crippen LogP contribution in [0.5, 0.6) is 0 Å². The van der Waals surface area contributed by atoms with Crippen LogP contribution in [0.15, 0.2) is 12.3 Å². The molecule has 0 saturated carbocycles. The molecule has 0 aromatic carbocycles. The van der Waals surface area contributed by atoms with Crippen LogP contribution in [0.2, 0.25) is 5.02 Å². The van der Waals surface area contributed by atoms with Crippen molar-refractivity contribution in [3.8, 4) is 6.07 Å². The summed E-state index contributed by atoms with van der Waals surface area (Å²) in [6, 6.07) is 3.66. The predicted molar refractivity (Wildman–Crippen MR) is 69.5 cm³/mol. The lowest BCUT2D eigenvalue weighted by Crippen LogP contribution is -2.52. The van der Waals surface area contributed by atoms with E-state index in [4.69, 9.17) is 16.3 Å². The van der Waals surface area contributed by atoms with Crippen LogP contribution in [0.4, 0.5) is 0 Å². The van der Waals surface area contributed by atoms with Crippen molar-refractivity contribution in [1.82, 2.24) is 9.88 Å². The second-order valence-corrected chi connectivity index (χ2v) is 5.19. The van der Waals surface area contributed by atoms with Crippen molar-refractivity contribution in [2.24, 2.45) is 0 Å². The van der Waals surface area contributed by atoms with E-state index in [2.05, 4.69) is 4.98 Å². The molecule has 1 fully saturated rings. The number of rotatable bonds is 2. The first-order valence-electron chi connectivity index (χ1n) is 5.91. The number of morpholine rings is 1. The number of carbonyl (C=O) groups is 1. The molecule has 2 heterocycles. The van der Waals surface area contributed by atoms with Gasteiger partial charge in [0.2, 0.25) is 5.91 Å². The van der Waals surface area contributed by atoms with Gasteiger partial charge in [-0.1, -0.05) is 11.6 Å². The Morgan fingerprint density at radius 2 is 2.32 bits per heavy atom. The Morgan fingerprint density at radius 1 is 1.58 bits per heavy atom. The number of aromatic nitrogens is 1. The zero-order chi connectivity index (χ0) is 14.0. The van der Waals surface area contributed by atoms with Gasteiger partial charge >= 0.3 is 0 Å². The van der Waals surface area contributed by atoms with Gasteiger partial charge in [-0.25, -0.2) is 4.98 Å². The van der Waals surface area contributed by atoms with Crippen molar-refractivity contribution >= 4 is 17.5 Å². The molecule has 0 radical (unpaired) electrons. The second kappa shape index (κ2) is 5.16. The van der Waals surface area contributed by atoms with Gasteiger partial charge in [0, 0.05) is 18.3 Å². The van der Waals surface area contributed by atoms with E-state index in [0.717, 1.165) is 0 Å². The molecule has 2 rings (SSSR count). The molecule has 1 aromatic heterocycles. The van der Waals surface area contributed by atoms with Crippen LogP contribution in [0.1, 0.15) is 25.1 Å². The molecule has 0 bridgehead atoms. The Hall–Kier alpha value is -1.64. The minimum Gasteiger partial charge on any atom is -0.370 e. The predicted octanol–water partition coefficient (Wildman–Crippen LogP) is 1.70. The quantitative estimate of drug-likeness (QED) is 0.826. The lowest BCUT2D eigenvalue weighted by Gasteiger charge is -2.41. The maximum atomic E-state index is 12.0. The largest absolute Gasteiger partial charge is 0.370 e. The number of hydrogen-bond donors (Lipinski definition) is 0. The lowest BCUT2D eigenvalue weighted by atomic mass is 9.90. The third-order valence-electron chi connectivity index (χ3n) is 3.28. The standard InChI is InChI=1S/C13H14ClN3O2/c1-13(2,17-5-6-19-8-11(17)18)12-9(14)3-4-16-10(12)7-15/h3-4H,5-6,8H2,1-2H3. The van der Waals surface area contributed by atoms with Gasteiger partial charge in [-0.2, -0.15) is 5.26 Å². The van der Waals surface area contributed by atoms with E-state index in [-0.39, 0.29) is 18.2 Å². The van der Waals surface area contributed by atoms with Crippen molar-refractivity contribution in [2.75, 3.05) is 19.8 Å². The Morgan fingerprint density at radius 3 is 2.95 bits per heavy atom. The van der Waals surface area contributed by atoms with E-state index < -0.39 is 5.54 Å². The van der Waals surface area contributed by atoms with Gasteiger partial charge < -0.3 is 9.64 Å². The molecule has 1 amide bonds. The molecular formula is C13H14ClN3O2. The summed E-state index contributed by atoms with van der Waals surface area (Å²) in [5, 5.41) is 9.61. The summed E-state index contributed by atoms with van der Waals surface area (Å²) >= 11 is 6.20. The number of amides is 1. The van der Waals surface area contributed by atoms with Crippen molar-refractivity contribution < 1.29 is 9.53 Å². The SMILES string of the molecule is CC(C)(c1c(Cl)ccnc1C#N)N1CCOCC1=O. The Kier molecular flexibility index (Phi) is 3.74. The van der Waals surface area contributed by atoms with Crippen molar-refractivity contribution in [3.63, 3.8) is 0 Å². The number of carbonyl (C=O) groups excluding carboxylic acids is 1. The Bertz CT molecular complexity index is 551. The summed E-state index contributed by atoms with van der Waals surface area (Å²) in [5.74, 6) is -0.111. The maximum absolute atomic E-state index is 12.0. The van der Waals surface area contributed by atoms with Crippen LogP contribution in [0, 0.1) is 11.3 Å². The van der Waals surface area contributed by atoms with Crippen LogP contribution < -0.4 is 0 Å². The Labute approximate surface area is 116 Å². The molecule has 19 heavy (non-hydrogen) atoms. The highest BCUT2D eigenvalue weighted by Crippen LogP contribution is 2.35. The molecule has 0 N–H and O–H groups in total. The molecule has 0 atom stereocenters. The van der Waals surface area contributed by atoms with E-state index >= 15 is 0 Å². The van der Waals surface area contributed by atoms with Crippen LogP contribution in [0.25, 0.3) is 0 Å². The molecule has 100 valence electrons. The summed E-state index contributed by atoms with van der Waals surface area (Å²) in [5.41, 5.74) is 0.128. The fourth-order valence-corrected chi connectivity index (χ4v) is 2.73. The van der Waals surface area contributed by atoms with E-state index in [1.54, 1.807) is 11.0 Å². The third kappa shape index (κ3) is 2.42. The van der Waals surface area contributed by atoms with Gasteiger partial charge in [0.1, 0.15) is 18.4 Å². The van der Waals surface area contributed by atoms with Crippen LogP contribution in [-0.4, -0.2) is 35.5 Å². The van der Waals surface area contributed by atoms with E-state index in [9.17, 15) is 10.1 Å². The van der Waals surface area contributed by atoms with Crippen molar-refractivity contribution in [3.05, 3.63) is 28.5 Å². The topological polar surface area (TPSA) is 66.2 Å². The maximum Gasteiger partial charge on any atom is 0.249 e. The molecule has 0 unspecified atom stereocenters. The first kappa shape index (κ1) is 13.8. The summed E-state index contributed by atoms with van der Waals surface area (Å²) in [6.45, 7) is 4.74. The van der Waals surface area contributed by atoms with E-state index in [1.165, 1.54) is 6.20 Å². The third-order valence-corrected chi connectivity index (χ3v) is 3.59. The van der Waals surface area contributed by atoms with Gasteiger partial charge in [0.25, 0.3) is 0 Å². The minimum absolute atomic E-state index is 0.0587. The fraction of sp³-hybridized carbons (Fsp3) is 0.462. The molecule has 1 aliphatic rings. The molecule has 5 nitrogen and oxygen atoms in total. The van der Waals surface area contributed by atoms with Gasteiger partial charge in [-0.3, -0.25) is 4.79 Å². The number of pyridine rings is 1. The average Bonchev–Trinajstić information content (AvgIpc) is 2.38. The highest BCUT2D eigenvalue weighted by molar-refractivity contribution is 6.31.